The van der Waals surface area contributed by atoms with Crippen LogP contribution in [0.3, 0.4) is 0 Å². The Kier molecular flexibility index (Phi) is 4.82. The van der Waals surface area contributed by atoms with Gasteiger partial charge in [0, 0.05) is 35.7 Å². The van der Waals surface area contributed by atoms with Crippen LogP contribution >= 0.6 is 0 Å². The van der Waals surface area contributed by atoms with Crippen molar-refractivity contribution in [1.29, 1.82) is 0 Å². The van der Waals surface area contributed by atoms with E-state index in [1.54, 1.807) is 7.11 Å². The van der Waals surface area contributed by atoms with Gasteiger partial charge in [-0.15, -0.1) is 0 Å². The number of aromatic nitrogens is 1. The van der Waals surface area contributed by atoms with E-state index >= 15 is 0 Å². The first-order valence-electron chi connectivity index (χ1n) is 11.4. The second kappa shape index (κ2) is 7.99. The molecule has 6 rings (SSSR count). The molecule has 0 spiro atoms. The van der Waals surface area contributed by atoms with Crippen molar-refractivity contribution in [3.63, 3.8) is 0 Å². The number of benzene rings is 3. The second-order valence-corrected chi connectivity index (χ2v) is 8.84. The highest BCUT2D eigenvalue weighted by Gasteiger charge is 2.34. The van der Waals surface area contributed by atoms with E-state index in [0.29, 0.717) is 18.3 Å². The summed E-state index contributed by atoms with van der Waals surface area (Å²) in [5.74, 6) is 1.56. The zero-order valence-corrected chi connectivity index (χ0v) is 18.6. The molecule has 4 aromatic rings. The maximum atomic E-state index is 7.12. The molecule has 0 bridgehead atoms. The molecule has 2 aliphatic rings. The fourth-order valence-electron chi connectivity index (χ4n) is 5.31. The monoisotopic (exact) mass is 435 g/mol. The molecule has 1 N–H and O–H groups in total. The summed E-state index contributed by atoms with van der Waals surface area (Å²) in [5, 5.41) is 1.34. The quantitative estimate of drug-likeness (QED) is 0.402. The fourth-order valence-corrected chi connectivity index (χ4v) is 5.31. The van der Waals surface area contributed by atoms with Gasteiger partial charge < -0.3 is 14.5 Å². The molecule has 3 aromatic carbocycles. The van der Waals surface area contributed by atoms with Gasteiger partial charge in [-0.05, 0) is 53.3 Å². The van der Waals surface area contributed by atoms with Crippen LogP contribution < -0.4 is 9.47 Å². The van der Waals surface area contributed by atoms with Crippen molar-refractivity contribution in [3.8, 4) is 11.5 Å². The van der Waals surface area contributed by atoms with E-state index in [-0.39, 0.29) is 0 Å². The lowest BCUT2D eigenvalue weighted by atomic mass is 9.85. The molecule has 0 saturated carbocycles. The molecule has 1 atom stereocenters. The molecule has 0 radical (unpaired) electrons. The van der Waals surface area contributed by atoms with Gasteiger partial charge in [0.15, 0.2) is 17.2 Å². The molecular formula is C28H25N3O2. The van der Waals surface area contributed by atoms with E-state index in [1.165, 1.54) is 33.3 Å². The molecule has 0 fully saturated rings. The van der Waals surface area contributed by atoms with E-state index in [4.69, 9.17) is 16.0 Å². The Morgan fingerprint density at radius 3 is 2.76 bits per heavy atom. The Bertz CT molecular complexity index is 1380. The topological polar surface area (TPSA) is 41.9 Å². The number of aromatic amines is 1. The van der Waals surface area contributed by atoms with Gasteiger partial charge in [-0.2, -0.15) is 0 Å². The number of fused-ring (bicyclic) bond motifs is 6. The Balaban J connectivity index is 1.32. The van der Waals surface area contributed by atoms with Crippen LogP contribution in [0.4, 0.5) is 5.69 Å². The van der Waals surface area contributed by atoms with Crippen molar-refractivity contribution >= 4 is 16.6 Å². The first-order valence-corrected chi connectivity index (χ1v) is 11.4. The van der Waals surface area contributed by atoms with E-state index in [0.717, 1.165) is 43.0 Å². The van der Waals surface area contributed by atoms with Crippen LogP contribution in [0.25, 0.3) is 15.7 Å². The predicted molar refractivity (Wildman–Crippen MR) is 129 cm³/mol. The van der Waals surface area contributed by atoms with E-state index in [1.807, 2.05) is 24.3 Å². The van der Waals surface area contributed by atoms with Gasteiger partial charge in [-0.25, -0.2) is 4.85 Å². The number of nitrogens with one attached hydrogen (secondary N) is 1. The Morgan fingerprint density at radius 2 is 1.94 bits per heavy atom. The maximum Gasteiger partial charge on any atom is 0.187 e. The number of hydrogen-bond donors (Lipinski definition) is 1. The van der Waals surface area contributed by atoms with Gasteiger partial charge in [0.05, 0.1) is 13.7 Å². The van der Waals surface area contributed by atoms with Gasteiger partial charge >= 0.3 is 0 Å². The predicted octanol–water partition coefficient (Wildman–Crippen LogP) is 5.96. The molecule has 1 unspecified atom stereocenters. The van der Waals surface area contributed by atoms with Gasteiger partial charge in [0.25, 0.3) is 0 Å². The number of methoxy groups -OCH3 is 1. The third kappa shape index (κ3) is 3.44. The molecule has 2 aliphatic heterocycles. The summed E-state index contributed by atoms with van der Waals surface area (Å²) in [4.78, 5) is 9.68. The summed E-state index contributed by atoms with van der Waals surface area (Å²) >= 11 is 0. The van der Waals surface area contributed by atoms with Crippen molar-refractivity contribution in [2.75, 3.05) is 13.7 Å². The third-order valence-electron chi connectivity index (χ3n) is 7.01. The normalized spacial score (nSPS) is 17.0. The fraction of sp³-hybridized carbons (Fsp3) is 0.250. The number of nitrogens with zero attached hydrogens (tertiary/aromatic N) is 2. The lowest BCUT2D eigenvalue weighted by Crippen LogP contribution is -2.39. The molecule has 5 heteroatoms. The molecule has 1 aromatic heterocycles. The SMILES string of the molecule is [C-]#[N+]c1ccc(COc2cc3c(cc2OC)CCN2Cc4[nH]c5ccccc5c4CC32)cc1. The standard InChI is InChI=1S/C28H25N3O2/c1-29-20-9-7-18(8-10-20)17-33-28-15-22-19(13-27(28)32-2)11-12-31-16-25-23(14-26(22)31)21-5-3-4-6-24(21)30-25/h3-10,13,15,26,30H,11-12,14,16-17H2,2H3. The largest absolute Gasteiger partial charge is 0.493 e. The molecule has 0 amide bonds. The first-order chi connectivity index (χ1) is 16.2. The van der Waals surface area contributed by atoms with Gasteiger partial charge in [0.1, 0.15) is 6.61 Å². The average Bonchev–Trinajstić information content (AvgIpc) is 3.23. The molecule has 164 valence electrons. The molecule has 3 heterocycles. The Morgan fingerprint density at radius 1 is 1.09 bits per heavy atom. The van der Waals surface area contributed by atoms with E-state index < -0.39 is 0 Å². The number of para-hydroxylation sites is 1. The maximum absolute atomic E-state index is 7.12. The highest BCUT2D eigenvalue weighted by atomic mass is 16.5. The lowest BCUT2D eigenvalue weighted by molar-refractivity contribution is 0.158. The number of rotatable bonds is 4. The van der Waals surface area contributed by atoms with Crippen LogP contribution in [0, 0.1) is 6.57 Å². The summed E-state index contributed by atoms with van der Waals surface area (Å²) < 4.78 is 11.9. The van der Waals surface area contributed by atoms with Crippen LogP contribution in [0.1, 0.15) is 34.0 Å². The minimum atomic E-state index is 0.340. The number of ether oxygens (including phenoxy) is 2. The molecule has 0 aliphatic carbocycles. The van der Waals surface area contributed by atoms with Crippen LogP contribution in [0.2, 0.25) is 0 Å². The highest BCUT2D eigenvalue weighted by Crippen LogP contribution is 2.44. The minimum absolute atomic E-state index is 0.340. The smallest absolute Gasteiger partial charge is 0.187 e. The number of hydrogen-bond acceptors (Lipinski definition) is 3. The second-order valence-electron chi connectivity index (χ2n) is 8.84. The van der Waals surface area contributed by atoms with E-state index in [9.17, 15) is 0 Å². The lowest BCUT2D eigenvalue weighted by Gasteiger charge is -2.40. The van der Waals surface area contributed by atoms with Crippen LogP contribution in [-0.2, 0) is 26.0 Å². The Labute approximate surface area is 193 Å². The zero-order valence-electron chi connectivity index (χ0n) is 18.6. The van der Waals surface area contributed by atoms with Crippen molar-refractivity contribution in [3.05, 3.63) is 100 Å². The van der Waals surface area contributed by atoms with Crippen molar-refractivity contribution < 1.29 is 9.47 Å². The molecular weight excluding hydrogens is 410 g/mol. The summed E-state index contributed by atoms with van der Waals surface area (Å²) in [6, 6.07) is 20.9. The summed E-state index contributed by atoms with van der Waals surface area (Å²) in [6.45, 7) is 9.55. The van der Waals surface area contributed by atoms with E-state index in [2.05, 4.69) is 51.1 Å². The highest BCUT2D eigenvalue weighted by molar-refractivity contribution is 5.85. The van der Waals surface area contributed by atoms with Crippen molar-refractivity contribution in [2.45, 2.75) is 32.0 Å². The van der Waals surface area contributed by atoms with Gasteiger partial charge in [-0.3, -0.25) is 4.90 Å². The third-order valence-corrected chi connectivity index (χ3v) is 7.01. The van der Waals surface area contributed by atoms with Crippen LogP contribution in [0.15, 0.2) is 60.7 Å². The van der Waals surface area contributed by atoms with Gasteiger partial charge in [-0.1, -0.05) is 42.5 Å². The van der Waals surface area contributed by atoms with Gasteiger partial charge in [0.2, 0.25) is 0 Å². The first kappa shape index (κ1) is 19.9. The number of H-pyrrole nitrogens is 1. The summed E-state index contributed by atoms with van der Waals surface area (Å²) in [7, 11) is 1.70. The van der Waals surface area contributed by atoms with Crippen LogP contribution in [0.5, 0.6) is 11.5 Å². The summed E-state index contributed by atoms with van der Waals surface area (Å²) in [5.41, 5.74) is 8.39. The average molecular weight is 436 g/mol. The molecule has 33 heavy (non-hydrogen) atoms. The summed E-state index contributed by atoms with van der Waals surface area (Å²) in [6.07, 6.45) is 2.01. The molecule has 0 saturated heterocycles. The zero-order chi connectivity index (χ0) is 22.4. The Hall–Kier alpha value is -3.75. The van der Waals surface area contributed by atoms with Crippen molar-refractivity contribution in [2.24, 2.45) is 0 Å². The molecule has 5 nitrogen and oxygen atoms in total. The van der Waals surface area contributed by atoms with Crippen molar-refractivity contribution in [1.82, 2.24) is 9.88 Å². The minimum Gasteiger partial charge on any atom is -0.493 e. The van der Waals surface area contributed by atoms with Crippen LogP contribution in [-0.4, -0.2) is 23.5 Å².